The maximum absolute atomic E-state index is 11.7. The van der Waals surface area contributed by atoms with Crippen molar-refractivity contribution < 1.29 is 14.0 Å². The summed E-state index contributed by atoms with van der Waals surface area (Å²) in [6.45, 7) is 0.756. The van der Waals surface area contributed by atoms with Gasteiger partial charge in [-0.3, -0.25) is 9.59 Å². The summed E-state index contributed by atoms with van der Waals surface area (Å²) in [4.78, 5) is 23.3. The van der Waals surface area contributed by atoms with Gasteiger partial charge in [-0.25, -0.2) is 0 Å². The van der Waals surface area contributed by atoms with Crippen LogP contribution >= 0.6 is 15.9 Å². The lowest BCUT2D eigenvalue weighted by atomic mass is 10.1. The summed E-state index contributed by atoms with van der Waals surface area (Å²) in [5, 5.41) is 5.44. The number of benzene rings is 1. The molecule has 2 rings (SSSR count). The minimum atomic E-state index is -0.284. The molecule has 0 saturated heterocycles. The summed E-state index contributed by atoms with van der Waals surface area (Å²) >= 11 is 3.40. The van der Waals surface area contributed by atoms with E-state index < -0.39 is 0 Å². The van der Waals surface area contributed by atoms with Crippen LogP contribution in [0.5, 0.6) is 0 Å². The number of rotatable bonds is 7. The lowest BCUT2D eigenvalue weighted by Crippen LogP contribution is -2.34. The Balaban J connectivity index is 1.61. The van der Waals surface area contributed by atoms with Gasteiger partial charge >= 0.3 is 0 Å². The number of aryl methyl sites for hydroxylation is 1. The van der Waals surface area contributed by atoms with Crippen LogP contribution in [0.4, 0.5) is 0 Å². The van der Waals surface area contributed by atoms with Crippen molar-refractivity contribution in [1.29, 1.82) is 0 Å². The second kappa shape index (κ2) is 8.38. The van der Waals surface area contributed by atoms with E-state index in [4.69, 9.17) is 4.42 Å². The predicted octanol–water partition coefficient (Wildman–Crippen LogP) is 2.52. The van der Waals surface area contributed by atoms with Gasteiger partial charge in [0.05, 0.1) is 6.26 Å². The van der Waals surface area contributed by atoms with Crippen molar-refractivity contribution in [2.45, 2.75) is 12.8 Å². The fraction of sp³-hybridized carbons (Fsp3) is 0.250. The normalized spacial score (nSPS) is 10.2. The van der Waals surface area contributed by atoms with Crippen LogP contribution in [0.3, 0.4) is 0 Å². The fourth-order valence-corrected chi connectivity index (χ4v) is 2.36. The van der Waals surface area contributed by atoms with Crippen LogP contribution in [0, 0.1) is 0 Å². The standard InChI is InChI=1S/C16H17BrN2O3/c17-13-4-1-3-12(11-13)6-7-15(20)18-8-9-19-16(21)14-5-2-10-22-14/h1-5,10-11H,6-9H2,(H,18,20)(H,19,21). The molecule has 2 aromatic rings. The molecule has 0 spiro atoms. The molecule has 116 valence electrons. The molecule has 0 aliphatic carbocycles. The molecule has 0 saturated carbocycles. The maximum atomic E-state index is 11.7. The molecule has 0 bridgehead atoms. The first kappa shape index (κ1) is 16.3. The maximum Gasteiger partial charge on any atom is 0.287 e. The molecule has 22 heavy (non-hydrogen) atoms. The highest BCUT2D eigenvalue weighted by Gasteiger charge is 2.07. The zero-order valence-corrected chi connectivity index (χ0v) is 13.6. The number of halogens is 1. The summed E-state index contributed by atoms with van der Waals surface area (Å²) in [6, 6.07) is 11.1. The first-order valence-electron chi connectivity index (χ1n) is 6.98. The van der Waals surface area contributed by atoms with E-state index in [1.165, 1.54) is 6.26 Å². The Bertz CT molecular complexity index is 626. The Morgan fingerprint density at radius 3 is 2.64 bits per heavy atom. The largest absolute Gasteiger partial charge is 0.459 e. The van der Waals surface area contributed by atoms with Gasteiger partial charge in [-0.15, -0.1) is 0 Å². The first-order chi connectivity index (χ1) is 10.6. The van der Waals surface area contributed by atoms with E-state index in [1.54, 1.807) is 12.1 Å². The van der Waals surface area contributed by atoms with Gasteiger partial charge in [0.2, 0.25) is 5.91 Å². The molecule has 1 aromatic carbocycles. The van der Waals surface area contributed by atoms with Gasteiger partial charge in [-0.2, -0.15) is 0 Å². The number of hydrogen-bond acceptors (Lipinski definition) is 3. The summed E-state index contributed by atoms with van der Waals surface area (Å²) in [6.07, 6.45) is 2.55. The highest BCUT2D eigenvalue weighted by atomic mass is 79.9. The van der Waals surface area contributed by atoms with Crippen LogP contribution in [0.2, 0.25) is 0 Å². The highest BCUT2D eigenvalue weighted by Crippen LogP contribution is 2.12. The van der Waals surface area contributed by atoms with Crippen molar-refractivity contribution >= 4 is 27.7 Å². The van der Waals surface area contributed by atoms with E-state index in [-0.39, 0.29) is 17.6 Å². The molecule has 0 fully saturated rings. The average Bonchev–Trinajstić information content (AvgIpc) is 3.04. The molecule has 0 radical (unpaired) electrons. The second-order valence-corrected chi connectivity index (χ2v) is 5.63. The quantitative estimate of drug-likeness (QED) is 0.741. The second-order valence-electron chi connectivity index (χ2n) is 4.71. The predicted molar refractivity (Wildman–Crippen MR) is 86.5 cm³/mol. The van der Waals surface area contributed by atoms with E-state index in [2.05, 4.69) is 26.6 Å². The molecule has 0 aliphatic rings. The third-order valence-electron chi connectivity index (χ3n) is 3.01. The van der Waals surface area contributed by atoms with Gasteiger partial charge in [0.15, 0.2) is 5.76 Å². The Kier molecular flexibility index (Phi) is 6.21. The molecular formula is C16H17BrN2O3. The lowest BCUT2D eigenvalue weighted by molar-refractivity contribution is -0.121. The Labute approximate surface area is 137 Å². The Morgan fingerprint density at radius 2 is 1.91 bits per heavy atom. The van der Waals surface area contributed by atoms with Gasteiger partial charge in [0.1, 0.15) is 0 Å². The van der Waals surface area contributed by atoms with E-state index in [0.717, 1.165) is 10.0 Å². The van der Waals surface area contributed by atoms with E-state index in [1.807, 2.05) is 24.3 Å². The number of furan rings is 1. The summed E-state index contributed by atoms with van der Waals surface area (Å²) in [5.74, 6) is -0.0541. The van der Waals surface area contributed by atoms with Gasteiger partial charge in [0, 0.05) is 24.0 Å². The fourth-order valence-electron chi connectivity index (χ4n) is 1.91. The number of carbonyl (C=O) groups excluding carboxylic acids is 2. The third kappa shape index (κ3) is 5.37. The summed E-state index contributed by atoms with van der Waals surface area (Å²) < 4.78 is 5.97. The van der Waals surface area contributed by atoms with Crippen LogP contribution < -0.4 is 10.6 Å². The molecular weight excluding hydrogens is 348 g/mol. The zero-order valence-electron chi connectivity index (χ0n) is 12.0. The smallest absolute Gasteiger partial charge is 0.287 e. The van der Waals surface area contributed by atoms with Gasteiger partial charge < -0.3 is 15.1 Å². The number of carbonyl (C=O) groups is 2. The molecule has 2 amide bonds. The molecule has 0 unspecified atom stereocenters. The van der Waals surface area contributed by atoms with Crippen molar-refractivity contribution in [3.63, 3.8) is 0 Å². The summed E-state index contributed by atoms with van der Waals surface area (Å²) in [5.41, 5.74) is 1.11. The Hall–Kier alpha value is -2.08. The van der Waals surface area contributed by atoms with Crippen LogP contribution in [-0.2, 0) is 11.2 Å². The van der Waals surface area contributed by atoms with Crippen LogP contribution in [-0.4, -0.2) is 24.9 Å². The van der Waals surface area contributed by atoms with Crippen LogP contribution in [0.15, 0.2) is 51.6 Å². The van der Waals surface area contributed by atoms with E-state index in [9.17, 15) is 9.59 Å². The van der Waals surface area contributed by atoms with Crippen LogP contribution in [0.25, 0.3) is 0 Å². The minimum Gasteiger partial charge on any atom is -0.459 e. The number of amides is 2. The molecule has 1 aromatic heterocycles. The van der Waals surface area contributed by atoms with E-state index in [0.29, 0.717) is 25.9 Å². The monoisotopic (exact) mass is 364 g/mol. The van der Waals surface area contributed by atoms with Gasteiger partial charge in [-0.1, -0.05) is 28.1 Å². The van der Waals surface area contributed by atoms with Crippen molar-refractivity contribution in [1.82, 2.24) is 10.6 Å². The zero-order chi connectivity index (χ0) is 15.8. The molecule has 1 heterocycles. The van der Waals surface area contributed by atoms with Crippen molar-refractivity contribution in [3.05, 3.63) is 58.5 Å². The molecule has 0 aliphatic heterocycles. The topological polar surface area (TPSA) is 71.3 Å². The molecule has 0 atom stereocenters. The van der Waals surface area contributed by atoms with Crippen LogP contribution in [0.1, 0.15) is 22.5 Å². The van der Waals surface area contributed by atoms with Crippen molar-refractivity contribution in [2.75, 3.05) is 13.1 Å². The van der Waals surface area contributed by atoms with Gasteiger partial charge in [-0.05, 0) is 36.2 Å². The number of nitrogens with one attached hydrogen (secondary N) is 2. The third-order valence-corrected chi connectivity index (χ3v) is 3.50. The lowest BCUT2D eigenvalue weighted by Gasteiger charge is -2.06. The SMILES string of the molecule is O=C(CCc1cccc(Br)c1)NCCNC(=O)c1ccco1. The summed E-state index contributed by atoms with van der Waals surface area (Å²) in [7, 11) is 0. The molecule has 6 heteroatoms. The average molecular weight is 365 g/mol. The van der Waals surface area contributed by atoms with E-state index >= 15 is 0 Å². The first-order valence-corrected chi connectivity index (χ1v) is 7.77. The van der Waals surface area contributed by atoms with Crippen molar-refractivity contribution in [2.24, 2.45) is 0 Å². The highest BCUT2D eigenvalue weighted by molar-refractivity contribution is 9.10. The van der Waals surface area contributed by atoms with Gasteiger partial charge in [0.25, 0.3) is 5.91 Å². The minimum absolute atomic E-state index is 0.0350. The molecule has 5 nitrogen and oxygen atoms in total. The number of hydrogen-bond donors (Lipinski definition) is 2. The van der Waals surface area contributed by atoms with Crippen molar-refractivity contribution in [3.8, 4) is 0 Å². The Morgan fingerprint density at radius 1 is 1.09 bits per heavy atom. The molecule has 2 N–H and O–H groups in total.